The van der Waals surface area contributed by atoms with Gasteiger partial charge in [0.25, 0.3) is 0 Å². The molecular weight excluding hydrogens is 234 g/mol. The van der Waals surface area contributed by atoms with Crippen LogP contribution in [0, 0.1) is 5.92 Å². The average molecular weight is 255 g/mol. The lowest BCUT2D eigenvalue weighted by Gasteiger charge is -2.19. The van der Waals surface area contributed by atoms with Gasteiger partial charge in [0.05, 0.1) is 6.61 Å². The third-order valence-electron chi connectivity index (χ3n) is 3.06. The van der Waals surface area contributed by atoms with Crippen LogP contribution in [-0.4, -0.2) is 30.3 Å². The van der Waals surface area contributed by atoms with Crippen molar-refractivity contribution in [1.29, 1.82) is 0 Å². The molecule has 1 rings (SSSR count). The molecule has 102 valence electrons. The van der Waals surface area contributed by atoms with Crippen LogP contribution in [0.25, 0.3) is 0 Å². The summed E-state index contributed by atoms with van der Waals surface area (Å²) in [6.45, 7) is 3.60. The van der Waals surface area contributed by atoms with Crippen LogP contribution >= 0.6 is 0 Å². The molecule has 1 aliphatic carbocycles. The van der Waals surface area contributed by atoms with E-state index in [0.717, 1.165) is 19.3 Å². The fourth-order valence-corrected chi connectivity index (χ4v) is 2.18. The number of ether oxygens (including phenoxy) is 1. The Hall–Kier alpha value is -1.39. The summed E-state index contributed by atoms with van der Waals surface area (Å²) in [6.07, 6.45) is 3.36. The monoisotopic (exact) mass is 255 g/mol. The maximum Gasteiger partial charge on any atom is 0.328 e. The molecule has 0 bridgehead atoms. The van der Waals surface area contributed by atoms with Crippen molar-refractivity contribution in [2.45, 2.75) is 52.0 Å². The molecule has 1 amide bonds. The van der Waals surface area contributed by atoms with Crippen LogP contribution in [0.2, 0.25) is 0 Å². The van der Waals surface area contributed by atoms with Gasteiger partial charge in [-0.25, -0.2) is 4.79 Å². The Balaban J connectivity index is 2.56. The molecule has 0 aliphatic heterocycles. The number of hydrogen-bond acceptors (Lipinski definition) is 4. The molecule has 2 unspecified atom stereocenters. The topological polar surface area (TPSA) is 72.5 Å². The lowest BCUT2D eigenvalue weighted by atomic mass is 9.97. The Kier molecular flexibility index (Phi) is 5.82. The number of ketones is 1. The quantitative estimate of drug-likeness (QED) is 0.724. The number of rotatable bonds is 6. The molecule has 0 aromatic heterocycles. The van der Waals surface area contributed by atoms with E-state index in [9.17, 15) is 14.4 Å². The van der Waals surface area contributed by atoms with Crippen LogP contribution in [0.5, 0.6) is 0 Å². The van der Waals surface area contributed by atoms with Crippen molar-refractivity contribution >= 4 is 17.7 Å². The van der Waals surface area contributed by atoms with Crippen LogP contribution in [0.15, 0.2) is 0 Å². The number of Topliss-reactive ketones (excluding diaryl/α,β-unsaturated/α-hetero) is 1. The van der Waals surface area contributed by atoms with E-state index in [1.807, 2.05) is 6.92 Å². The summed E-state index contributed by atoms with van der Waals surface area (Å²) in [5.74, 6) is -0.643. The van der Waals surface area contributed by atoms with Crippen LogP contribution < -0.4 is 5.32 Å². The van der Waals surface area contributed by atoms with Crippen molar-refractivity contribution < 1.29 is 19.1 Å². The Labute approximate surface area is 107 Å². The summed E-state index contributed by atoms with van der Waals surface area (Å²) in [4.78, 5) is 34.4. The molecule has 2 atom stereocenters. The van der Waals surface area contributed by atoms with Crippen molar-refractivity contribution in [3.8, 4) is 0 Å². The number of carbonyl (C=O) groups excluding carboxylic acids is 3. The minimum Gasteiger partial charge on any atom is -0.464 e. The largest absolute Gasteiger partial charge is 0.464 e. The second kappa shape index (κ2) is 7.13. The summed E-state index contributed by atoms with van der Waals surface area (Å²) >= 11 is 0. The molecule has 0 spiro atoms. The molecule has 1 fully saturated rings. The number of hydrogen-bond donors (Lipinski definition) is 1. The maximum atomic E-state index is 11.8. The zero-order valence-electron chi connectivity index (χ0n) is 11.0. The lowest BCUT2D eigenvalue weighted by Crippen LogP contribution is -2.42. The number of esters is 1. The first-order chi connectivity index (χ1) is 8.54. The molecule has 0 heterocycles. The highest BCUT2D eigenvalue weighted by atomic mass is 16.5. The van der Waals surface area contributed by atoms with E-state index in [2.05, 4.69) is 5.32 Å². The van der Waals surface area contributed by atoms with Crippen molar-refractivity contribution in [3.05, 3.63) is 0 Å². The maximum absolute atomic E-state index is 11.8. The first-order valence-electron chi connectivity index (χ1n) is 6.51. The highest BCUT2D eigenvalue weighted by Crippen LogP contribution is 2.25. The number of nitrogens with one attached hydrogen (secondary N) is 1. The summed E-state index contributed by atoms with van der Waals surface area (Å²) < 4.78 is 5.03. The molecule has 0 aromatic rings. The van der Waals surface area contributed by atoms with Crippen molar-refractivity contribution in [3.63, 3.8) is 0 Å². The Morgan fingerprint density at radius 1 is 1.50 bits per heavy atom. The Morgan fingerprint density at radius 3 is 2.72 bits per heavy atom. The second-order valence-electron chi connectivity index (χ2n) is 4.71. The average Bonchev–Trinajstić information content (AvgIpc) is 2.70. The summed E-state index contributed by atoms with van der Waals surface area (Å²) in [6, 6.07) is -0.693. The molecule has 5 nitrogen and oxygen atoms in total. The summed E-state index contributed by atoms with van der Waals surface area (Å²) in [7, 11) is 0. The lowest BCUT2D eigenvalue weighted by molar-refractivity contribution is -0.148. The van der Waals surface area contributed by atoms with Crippen molar-refractivity contribution in [2.75, 3.05) is 6.61 Å². The molecule has 0 radical (unpaired) electrons. The number of carbonyl (C=O) groups is 3. The SMILES string of the molecule is CCCOC(=O)C(CC1CCCC1=O)NC(C)=O. The Morgan fingerprint density at radius 2 is 2.22 bits per heavy atom. The smallest absolute Gasteiger partial charge is 0.328 e. The van der Waals surface area contributed by atoms with E-state index < -0.39 is 12.0 Å². The third-order valence-corrected chi connectivity index (χ3v) is 3.06. The van der Waals surface area contributed by atoms with Gasteiger partial charge in [-0.2, -0.15) is 0 Å². The van der Waals surface area contributed by atoms with Gasteiger partial charge < -0.3 is 10.1 Å². The van der Waals surface area contributed by atoms with E-state index in [-0.39, 0.29) is 17.6 Å². The first kappa shape index (κ1) is 14.7. The van der Waals surface area contributed by atoms with Crippen LogP contribution in [0.4, 0.5) is 0 Å². The van der Waals surface area contributed by atoms with Crippen molar-refractivity contribution in [1.82, 2.24) is 5.32 Å². The molecule has 0 saturated heterocycles. The van der Waals surface area contributed by atoms with Gasteiger partial charge in [-0.05, 0) is 25.7 Å². The summed E-state index contributed by atoms with van der Waals surface area (Å²) in [5.41, 5.74) is 0. The van der Waals surface area contributed by atoms with Gasteiger partial charge in [-0.3, -0.25) is 9.59 Å². The fraction of sp³-hybridized carbons (Fsp3) is 0.769. The zero-order valence-corrected chi connectivity index (χ0v) is 11.0. The van der Waals surface area contributed by atoms with Crippen LogP contribution in [-0.2, 0) is 19.1 Å². The van der Waals surface area contributed by atoms with Gasteiger partial charge in [0.1, 0.15) is 11.8 Å². The minimum absolute atomic E-state index is 0.115. The predicted molar refractivity (Wildman–Crippen MR) is 65.8 cm³/mol. The molecule has 1 saturated carbocycles. The number of amides is 1. The van der Waals surface area contributed by atoms with E-state index in [4.69, 9.17) is 4.74 Å². The Bertz CT molecular complexity index is 327. The van der Waals surface area contributed by atoms with E-state index >= 15 is 0 Å². The molecule has 5 heteroatoms. The molecular formula is C13H21NO4. The van der Waals surface area contributed by atoms with Gasteiger partial charge in [0.15, 0.2) is 0 Å². The highest BCUT2D eigenvalue weighted by molar-refractivity contribution is 5.86. The van der Waals surface area contributed by atoms with Gasteiger partial charge in [0.2, 0.25) is 5.91 Å². The van der Waals surface area contributed by atoms with Gasteiger partial charge in [-0.1, -0.05) is 6.92 Å². The first-order valence-corrected chi connectivity index (χ1v) is 6.51. The van der Waals surface area contributed by atoms with Crippen LogP contribution in [0.1, 0.15) is 46.0 Å². The molecule has 1 N–H and O–H groups in total. The van der Waals surface area contributed by atoms with Crippen molar-refractivity contribution in [2.24, 2.45) is 5.92 Å². The molecule has 0 aromatic carbocycles. The standard InChI is InChI=1S/C13H21NO4/c1-3-7-18-13(17)11(14-9(2)15)8-10-5-4-6-12(10)16/h10-11H,3-8H2,1-2H3,(H,14,15). The van der Waals surface area contributed by atoms with E-state index in [1.54, 1.807) is 0 Å². The third kappa shape index (κ3) is 4.47. The fourth-order valence-electron chi connectivity index (χ4n) is 2.18. The predicted octanol–water partition coefficient (Wildman–Crippen LogP) is 1.20. The van der Waals surface area contributed by atoms with Crippen LogP contribution in [0.3, 0.4) is 0 Å². The molecule has 18 heavy (non-hydrogen) atoms. The zero-order chi connectivity index (χ0) is 13.5. The normalized spacial score (nSPS) is 20.6. The van der Waals surface area contributed by atoms with E-state index in [1.165, 1.54) is 6.92 Å². The second-order valence-corrected chi connectivity index (χ2v) is 4.71. The minimum atomic E-state index is -0.693. The molecule has 1 aliphatic rings. The van der Waals surface area contributed by atoms with Gasteiger partial charge >= 0.3 is 5.97 Å². The van der Waals surface area contributed by atoms with Gasteiger partial charge in [0, 0.05) is 19.3 Å². The van der Waals surface area contributed by atoms with E-state index in [0.29, 0.717) is 19.4 Å². The highest BCUT2D eigenvalue weighted by Gasteiger charge is 2.31. The van der Waals surface area contributed by atoms with Gasteiger partial charge in [-0.15, -0.1) is 0 Å². The summed E-state index contributed by atoms with van der Waals surface area (Å²) in [5, 5.41) is 2.57.